The number of imidazole rings is 1. The fourth-order valence-electron chi connectivity index (χ4n) is 1.78. The van der Waals surface area contributed by atoms with Crippen molar-refractivity contribution in [3.05, 3.63) is 30.1 Å². The molecule has 4 nitrogen and oxygen atoms in total. The maximum absolute atomic E-state index is 12.3. The second-order valence-corrected chi connectivity index (χ2v) is 6.01. The number of hydrogen-bond acceptors (Lipinski definition) is 4. The molecule has 0 aliphatic rings. The molecule has 0 aliphatic heterocycles. The predicted molar refractivity (Wildman–Crippen MR) is 69.4 cm³/mol. The second-order valence-electron chi connectivity index (χ2n) is 3.86. The smallest absolute Gasteiger partial charge is 0.446 e. The fraction of sp³-hybridized carbons (Fsp3) is 0.0909. The number of thioether (sulfide) groups is 1. The molecule has 0 atom stereocenters. The monoisotopic (exact) mass is 318 g/mol. The molecular formula is C11H5F3N2O2S2. The average molecular weight is 318 g/mol. The largest absolute Gasteiger partial charge is 0.476 e. The van der Waals surface area contributed by atoms with Gasteiger partial charge in [0.2, 0.25) is 0 Å². The minimum absolute atomic E-state index is 0.0907. The number of hydrogen-bond donors (Lipinski definition) is 1. The molecule has 3 rings (SSSR count). The zero-order chi connectivity index (χ0) is 14.5. The Labute approximate surface area is 117 Å². The maximum atomic E-state index is 12.3. The molecule has 0 amide bonds. The number of nitrogens with zero attached hydrogens (tertiary/aromatic N) is 2. The van der Waals surface area contributed by atoms with Gasteiger partial charge in [0.1, 0.15) is 0 Å². The van der Waals surface area contributed by atoms with Crippen LogP contribution >= 0.6 is 23.1 Å². The summed E-state index contributed by atoms with van der Waals surface area (Å²) in [4.78, 5) is 15.2. The average Bonchev–Trinajstić information content (AvgIpc) is 2.82. The van der Waals surface area contributed by atoms with Crippen LogP contribution in [-0.2, 0) is 0 Å². The SMILES string of the molecule is O=C(O)c1cn2c(n1)sc1cc(SC(F)(F)F)ccc12. The minimum atomic E-state index is -4.33. The normalized spacial score (nSPS) is 12.3. The summed E-state index contributed by atoms with van der Waals surface area (Å²) < 4.78 is 39.1. The third-order valence-electron chi connectivity index (χ3n) is 2.52. The molecular weight excluding hydrogens is 313 g/mol. The standard InChI is InChI=1S/C11H5F3N2O2S2/c12-11(13,14)20-5-1-2-7-8(3-5)19-10-15-6(9(17)18)4-16(7)10/h1-4H,(H,17,18). The predicted octanol–water partition coefficient (Wildman–Crippen LogP) is 3.86. The first kappa shape index (κ1) is 13.3. The van der Waals surface area contributed by atoms with E-state index < -0.39 is 11.5 Å². The number of aromatic carboxylic acids is 1. The summed E-state index contributed by atoms with van der Waals surface area (Å²) >= 11 is 0.967. The number of rotatable bonds is 2. The van der Waals surface area contributed by atoms with E-state index in [-0.39, 0.29) is 22.4 Å². The first-order valence-corrected chi connectivity index (χ1v) is 6.87. The van der Waals surface area contributed by atoms with Crippen molar-refractivity contribution < 1.29 is 23.1 Å². The number of aromatic nitrogens is 2. The number of benzene rings is 1. The van der Waals surface area contributed by atoms with E-state index in [1.807, 2.05) is 0 Å². The molecule has 0 saturated carbocycles. The number of carboxylic acids is 1. The van der Waals surface area contributed by atoms with Crippen LogP contribution in [0.2, 0.25) is 0 Å². The third-order valence-corrected chi connectivity index (χ3v) is 4.26. The lowest BCUT2D eigenvalue weighted by Gasteiger charge is -2.04. The number of carboxylic acid groups (broad SMARTS) is 1. The van der Waals surface area contributed by atoms with Gasteiger partial charge in [0.25, 0.3) is 0 Å². The van der Waals surface area contributed by atoms with Crippen molar-refractivity contribution in [2.45, 2.75) is 10.4 Å². The van der Waals surface area contributed by atoms with Crippen LogP contribution in [0.4, 0.5) is 13.2 Å². The summed E-state index contributed by atoms with van der Waals surface area (Å²) in [6, 6.07) is 4.31. The zero-order valence-electron chi connectivity index (χ0n) is 9.51. The van der Waals surface area contributed by atoms with E-state index in [2.05, 4.69) is 4.98 Å². The van der Waals surface area contributed by atoms with Crippen LogP contribution in [0.25, 0.3) is 15.2 Å². The van der Waals surface area contributed by atoms with Crippen molar-refractivity contribution in [3.63, 3.8) is 0 Å². The second kappa shape index (κ2) is 4.38. The Morgan fingerprint density at radius 1 is 1.40 bits per heavy atom. The number of fused-ring (bicyclic) bond motifs is 3. The van der Waals surface area contributed by atoms with Gasteiger partial charge in [0, 0.05) is 11.1 Å². The van der Waals surface area contributed by atoms with Crippen molar-refractivity contribution in [2.24, 2.45) is 0 Å². The Kier molecular flexibility index (Phi) is 2.91. The first-order chi connectivity index (χ1) is 9.33. The molecule has 0 spiro atoms. The molecule has 2 heterocycles. The summed E-state index contributed by atoms with van der Waals surface area (Å²) in [7, 11) is 0. The number of alkyl halides is 3. The molecule has 1 aromatic carbocycles. The zero-order valence-corrected chi connectivity index (χ0v) is 11.1. The lowest BCUT2D eigenvalue weighted by atomic mass is 10.3. The van der Waals surface area contributed by atoms with E-state index >= 15 is 0 Å². The summed E-state index contributed by atoms with van der Waals surface area (Å²) in [5.74, 6) is -1.14. The fourth-order valence-corrected chi connectivity index (χ4v) is 3.48. The lowest BCUT2D eigenvalue weighted by molar-refractivity contribution is -0.0328. The molecule has 2 aromatic heterocycles. The van der Waals surface area contributed by atoms with Crippen LogP contribution in [0, 0.1) is 0 Å². The highest BCUT2D eigenvalue weighted by Gasteiger charge is 2.29. The van der Waals surface area contributed by atoms with Gasteiger partial charge in [-0.15, -0.1) is 0 Å². The number of halogens is 3. The van der Waals surface area contributed by atoms with Crippen LogP contribution in [-0.4, -0.2) is 26.0 Å². The molecule has 0 bridgehead atoms. The van der Waals surface area contributed by atoms with Crippen molar-refractivity contribution in [3.8, 4) is 0 Å². The Bertz CT molecular complexity index is 822. The highest BCUT2D eigenvalue weighted by Crippen LogP contribution is 2.39. The first-order valence-electron chi connectivity index (χ1n) is 5.24. The molecule has 0 unspecified atom stereocenters. The van der Waals surface area contributed by atoms with Gasteiger partial charge in [-0.2, -0.15) is 13.2 Å². The summed E-state index contributed by atoms with van der Waals surface area (Å²) in [6.45, 7) is 0. The molecule has 0 aliphatic carbocycles. The van der Waals surface area contributed by atoms with Gasteiger partial charge in [-0.25, -0.2) is 9.78 Å². The van der Waals surface area contributed by atoms with Crippen molar-refractivity contribution in [1.29, 1.82) is 0 Å². The van der Waals surface area contributed by atoms with Crippen LogP contribution < -0.4 is 0 Å². The molecule has 9 heteroatoms. The minimum Gasteiger partial charge on any atom is -0.476 e. The van der Waals surface area contributed by atoms with Gasteiger partial charge in [-0.1, -0.05) is 11.3 Å². The van der Waals surface area contributed by atoms with E-state index in [1.54, 1.807) is 4.40 Å². The van der Waals surface area contributed by atoms with Crippen LogP contribution in [0.5, 0.6) is 0 Å². The summed E-state index contributed by atoms with van der Waals surface area (Å²) in [6.07, 6.45) is 1.35. The Morgan fingerprint density at radius 3 is 2.80 bits per heavy atom. The quantitative estimate of drug-likeness (QED) is 0.729. The molecule has 20 heavy (non-hydrogen) atoms. The van der Waals surface area contributed by atoms with Gasteiger partial charge in [0.15, 0.2) is 10.7 Å². The van der Waals surface area contributed by atoms with Gasteiger partial charge in [-0.05, 0) is 30.0 Å². The van der Waals surface area contributed by atoms with Gasteiger partial charge >= 0.3 is 11.5 Å². The summed E-state index contributed by atoms with van der Waals surface area (Å²) in [5, 5.41) is 8.85. The van der Waals surface area contributed by atoms with Gasteiger partial charge in [-0.3, -0.25) is 4.40 Å². The molecule has 104 valence electrons. The van der Waals surface area contributed by atoms with Crippen molar-refractivity contribution in [2.75, 3.05) is 0 Å². The van der Waals surface area contributed by atoms with Gasteiger partial charge in [0.05, 0.1) is 10.2 Å². The number of thiazole rings is 1. The van der Waals surface area contributed by atoms with Crippen molar-refractivity contribution >= 4 is 44.2 Å². The van der Waals surface area contributed by atoms with E-state index in [0.29, 0.717) is 15.2 Å². The Balaban J connectivity index is 2.10. The Hall–Kier alpha value is -1.74. The van der Waals surface area contributed by atoms with Gasteiger partial charge < -0.3 is 5.11 Å². The highest BCUT2D eigenvalue weighted by atomic mass is 32.2. The highest BCUT2D eigenvalue weighted by molar-refractivity contribution is 8.00. The van der Waals surface area contributed by atoms with Crippen LogP contribution in [0.15, 0.2) is 29.3 Å². The summed E-state index contributed by atoms with van der Waals surface area (Å²) in [5.41, 5.74) is -3.79. The lowest BCUT2D eigenvalue weighted by Crippen LogP contribution is -1.98. The molecule has 1 N–H and O–H groups in total. The number of carbonyl (C=O) groups is 1. The molecule has 3 aromatic rings. The molecule has 0 radical (unpaired) electrons. The molecule has 0 fully saturated rings. The molecule has 0 saturated heterocycles. The third kappa shape index (κ3) is 2.34. The van der Waals surface area contributed by atoms with E-state index in [0.717, 1.165) is 11.3 Å². The Morgan fingerprint density at radius 2 is 2.15 bits per heavy atom. The van der Waals surface area contributed by atoms with Crippen LogP contribution in [0.1, 0.15) is 10.5 Å². The maximum Gasteiger partial charge on any atom is 0.446 e. The van der Waals surface area contributed by atoms with E-state index in [1.165, 1.54) is 24.4 Å². The van der Waals surface area contributed by atoms with Crippen LogP contribution in [0.3, 0.4) is 0 Å². The van der Waals surface area contributed by atoms with Crippen molar-refractivity contribution in [1.82, 2.24) is 9.38 Å². The van der Waals surface area contributed by atoms with E-state index in [9.17, 15) is 18.0 Å². The van der Waals surface area contributed by atoms with E-state index in [4.69, 9.17) is 5.11 Å². The topological polar surface area (TPSA) is 54.6 Å².